The third kappa shape index (κ3) is 4.43. The lowest BCUT2D eigenvalue weighted by Crippen LogP contribution is -2.33. The van der Waals surface area contributed by atoms with E-state index in [1.165, 1.54) is 29.3 Å². The van der Waals surface area contributed by atoms with Gasteiger partial charge >= 0.3 is 0 Å². The summed E-state index contributed by atoms with van der Waals surface area (Å²) in [5.74, 6) is -0.238. The predicted octanol–water partition coefficient (Wildman–Crippen LogP) is 0.922. The normalized spacial score (nSPS) is 22.0. The maximum atomic E-state index is 12.8. The zero-order valence-electron chi connectivity index (χ0n) is 15.2. The summed E-state index contributed by atoms with van der Waals surface area (Å²) in [5.41, 5.74) is 0.370. The minimum absolute atomic E-state index is 0.0677. The van der Waals surface area contributed by atoms with E-state index in [1.54, 1.807) is 19.2 Å². The van der Waals surface area contributed by atoms with Crippen LogP contribution in [0.5, 0.6) is 0 Å². The van der Waals surface area contributed by atoms with Crippen molar-refractivity contribution in [3.8, 4) is 0 Å². The lowest BCUT2D eigenvalue weighted by molar-refractivity contribution is 0.0949. The highest BCUT2D eigenvalue weighted by molar-refractivity contribution is 7.89. The van der Waals surface area contributed by atoms with E-state index in [2.05, 4.69) is 10.2 Å². The summed E-state index contributed by atoms with van der Waals surface area (Å²) >= 11 is 0. The van der Waals surface area contributed by atoms with Gasteiger partial charge in [0.1, 0.15) is 0 Å². The summed E-state index contributed by atoms with van der Waals surface area (Å²) in [6.07, 6.45) is 3.05. The number of methoxy groups -OCH3 is 1. The van der Waals surface area contributed by atoms with Crippen LogP contribution < -0.4 is 5.32 Å². The van der Waals surface area contributed by atoms with Crippen molar-refractivity contribution in [3.05, 3.63) is 29.8 Å². The van der Waals surface area contributed by atoms with Crippen molar-refractivity contribution in [2.24, 2.45) is 0 Å². The average molecular weight is 381 g/mol. The maximum absolute atomic E-state index is 12.8. The third-order valence-electron chi connectivity index (χ3n) is 5.09. The maximum Gasteiger partial charge on any atom is 0.251 e. The lowest BCUT2D eigenvalue weighted by Gasteiger charge is -2.17. The Morgan fingerprint density at radius 2 is 2.04 bits per heavy atom. The number of rotatable bonds is 7. The molecule has 3 rings (SSSR count). The van der Waals surface area contributed by atoms with Gasteiger partial charge in [-0.1, -0.05) is 6.07 Å². The highest BCUT2D eigenvalue weighted by atomic mass is 32.2. The van der Waals surface area contributed by atoms with E-state index in [1.807, 2.05) is 0 Å². The van der Waals surface area contributed by atoms with Crippen LogP contribution in [0.25, 0.3) is 0 Å². The van der Waals surface area contributed by atoms with Crippen molar-refractivity contribution >= 4 is 15.9 Å². The summed E-state index contributed by atoms with van der Waals surface area (Å²) in [4.78, 5) is 14.8. The van der Waals surface area contributed by atoms with Crippen LogP contribution in [0.3, 0.4) is 0 Å². The lowest BCUT2D eigenvalue weighted by atomic mass is 10.2. The molecular weight excluding hydrogens is 354 g/mol. The molecular formula is C18H27N3O4S. The van der Waals surface area contributed by atoms with E-state index in [4.69, 9.17) is 4.74 Å². The van der Waals surface area contributed by atoms with E-state index in [-0.39, 0.29) is 16.9 Å². The summed E-state index contributed by atoms with van der Waals surface area (Å²) in [7, 11) is -2.02. The van der Waals surface area contributed by atoms with Crippen LogP contribution in [-0.2, 0) is 14.8 Å². The van der Waals surface area contributed by atoms with Gasteiger partial charge in [0.2, 0.25) is 10.0 Å². The molecule has 26 heavy (non-hydrogen) atoms. The third-order valence-corrected chi connectivity index (χ3v) is 6.95. The van der Waals surface area contributed by atoms with Gasteiger partial charge in [0.15, 0.2) is 0 Å². The van der Waals surface area contributed by atoms with Gasteiger partial charge in [0.25, 0.3) is 5.91 Å². The number of hydrogen-bond acceptors (Lipinski definition) is 5. The number of carbonyl (C=O) groups is 1. The predicted molar refractivity (Wildman–Crippen MR) is 98.6 cm³/mol. The Bertz CT molecular complexity index is 732. The van der Waals surface area contributed by atoms with E-state index >= 15 is 0 Å². The van der Waals surface area contributed by atoms with Crippen LogP contribution in [-0.4, -0.2) is 76.0 Å². The summed E-state index contributed by atoms with van der Waals surface area (Å²) in [6, 6.07) is 6.26. The molecule has 0 saturated carbocycles. The van der Waals surface area contributed by atoms with Crippen LogP contribution in [0.1, 0.15) is 29.6 Å². The first-order chi connectivity index (χ1) is 12.5. The Kier molecular flexibility index (Phi) is 6.29. The molecule has 2 saturated heterocycles. The highest BCUT2D eigenvalue weighted by Crippen LogP contribution is 2.23. The molecule has 2 aliphatic rings. The average Bonchev–Trinajstić information content (AvgIpc) is 3.33. The Morgan fingerprint density at radius 3 is 2.73 bits per heavy atom. The van der Waals surface area contributed by atoms with Gasteiger partial charge < -0.3 is 15.0 Å². The minimum Gasteiger partial charge on any atom is -0.380 e. The first kappa shape index (κ1) is 19.3. The number of nitrogens with zero attached hydrogens (tertiary/aromatic N) is 2. The SMILES string of the molecule is CO[C@@H]1CCN(S(=O)(=O)c2cccc(C(=O)NCCN3CCCC3)c2)C1. The Balaban J connectivity index is 1.62. The Hall–Kier alpha value is -1.48. The molecule has 2 heterocycles. The molecule has 2 aliphatic heterocycles. The molecule has 0 unspecified atom stereocenters. The summed E-state index contributed by atoms with van der Waals surface area (Å²) in [5, 5.41) is 2.88. The second-order valence-corrected chi connectivity index (χ2v) is 8.78. The molecule has 1 amide bonds. The number of hydrogen-bond donors (Lipinski definition) is 1. The topological polar surface area (TPSA) is 78.9 Å². The smallest absolute Gasteiger partial charge is 0.251 e. The molecule has 0 aliphatic carbocycles. The zero-order valence-corrected chi connectivity index (χ0v) is 16.0. The molecule has 0 aromatic heterocycles. The molecule has 1 N–H and O–H groups in total. The number of carbonyl (C=O) groups excluding carboxylic acids is 1. The van der Waals surface area contributed by atoms with E-state index < -0.39 is 10.0 Å². The number of benzene rings is 1. The molecule has 0 radical (unpaired) electrons. The van der Waals surface area contributed by atoms with E-state index in [0.717, 1.165) is 19.6 Å². The van der Waals surface area contributed by atoms with Crippen LogP contribution in [0.4, 0.5) is 0 Å². The molecule has 144 valence electrons. The van der Waals surface area contributed by atoms with Crippen LogP contribution >= 0.6 is 0 Å². The first-order valence-electron chi connectivity index (χ1n) is 9.14. The quantitative estimate of drug-likeness (QED) is 0.760. The van der Waals surface area contributed by atoms with Gasteiger partial charge in [-0.15, -0.1) is 0 Å². The fraction of sp³-hybridized carbons (Fsp3) is 0.611. The van der Waals surface area contributed by atoms with Crippen molar-refractivity contribution in [2.75, 3.05) is 46.4 Å². The number of sulfonamides is 1. The Labute approximate surface area is 155 Å². The second kappa shape index (κ2) is 8.47. The van der Waals surface area contributed by atoms with Gasteiger partial charge in [-0.05, 0) is 50.6 Å². The fourth-order valence-electron chi connectivity index (χ4n) is 3.49. The van der Waals surface area contributed by atoms with Crippen LogP contribution in [0.2, 0.25) is 0 Å². The van der Waals surface area contributed by atoms with Crippen LogP contribution in [0.15, 0.2) is 29.2 Å². The number of likely N-dealkylation sites (tertiary alicyclic amines) is 1. The zero-order chi connectivity index (χ0) is 18.6. The molecule has 1 aromatic carbocycles. The van der Waals surface area contributed by atoms with E-state index in [0.29, 0.717) is 31.6 Å². The molecule has 2 fully saturated rings. The molecule has 8 heteroatoms. The van der Waals surface area contributed by atoms with Crippen molar-refractivity contribution in [1.29, 1.82) is 0 Å². The van der Waals surface area contributed by atoms with Gasteiger partial charge in [0.05, 0.1) is 11.0 Å². The minimum atomic E-state index is -3.61. The van der Waals surface area contributed by atoms with Gasteiger partial charge in [-0.3, -0.25) is 4.79 Å². The summed E-state index contributed by atoms with van der Waals surface area (Å²) < 4.78 is 32.3. The second-order valence-electron chi connectivity index (χ2n) is 6.84. The van der Waals surface area contributed by atoms with Crippen molar-refractivity contribution in [2.45, 2.75) is 30.3 Å². The standard InChI is InChI=1S/C18H27N3O4S/c1-25-16-7-11-21(14-16)26(23,24)17-6-4-5-15(13-17)18(22)19-8-12-20-9-2-3-10-20/h4-6,13,16H,2-3,7-12,14H2,1H3,(H,19,22)/t16-/m1/s1. The highest BCUT2D eigenvalue weighted by Gasteiger charge is 2.32. The Morgan fingerprint density at radius 1 is 1.27 bits per heavy atom. The number of nitrogens with one attached hydrogen (secondary N) is 1. The van der Waals surface area contributed by atoms with Crippen molar-refractivity contribution < 1.29 is 17.9 Å². The summed E-state index contributed by atoms with van der Waals surface area (Å²) in [6.45, 7) is 4.36. The monoisotopic (exact) mass is 381 g/mol. The molecule has 0 spiro atoms. The largest absolute Gasteiger partial charge is 0.380 e. The molecule has 0 bridgehead atoms. The first-order valence-corrected chi connectivity index (χ1v) is 10.6. The number of amides is 1. The van der Waals surface area contributed by atoms with Crippen molar-refractivity contribution in [3.63, 3.8) is 0 Å². The number of ether oxygens (including phenoxy) is 1. The van der Waals surface area contributed by atoms with Crippen molar-refractivity contribution in [1.82, 2.24) is 14.5 Å². The van der Waals surface area contributed by atoms with Crippen LogP contribution in [0, 0.1) is 0 Å². The van der Waals surface area contributed by atoms with E-state index in [9.17, 15) is 13.2 Å². The van der Waals surface area contributed by atoms with Gasteiger partial charge in [-0.2, -0.15) is 4.31 Å². The fourth-order valence-corrected chi connectivity index (χ4v) is 5.02. The van der Waals surface area contributed by atoms with Gasteiger partial charge in [0, 0.05) is 38.9 Å². The molecule has 1 atom stereocenters. The molecule has 1 aromatic rings. The molecule has 7 nitrogen and oxygen atoms in total. The van der Waals surface area contributed by atoms with Gasteiger partial charge in [-0.25, -0.2) is 8.42 Å².